The Hall–Kier alpha value is -1.88. The van der Waals surface area contributed by atoms with Gasteiger partial charge in [0.25, 0.3) is 0 Å². The Balaban J connectivity index is 0.00000151. The molecule has 2 rings (SSSR count). The van der Waals surface area contributed by atoms with Crippen LogP contribution in [-0.4, -0.2) is 0 Å². The fourth-order valence-electron chi connectivity index (χ4n) is 2.92. The number of benzene rings is 1. The Kier molecular flexibility index (Phi) is 9.21. The van der Waals surface area contributed by atoms with Gasteiger partial charge in [-0.1, -0.05) is 69.2 Å². The molecule has 25 heavy (non-hydrogen) atoms. The lowest BCUT2D eigenvalue weighted by molar-refractivity contribution is 0.320. The van der Waals surface area contributed by atoms with E-state index in [1.165, 1.54) is 43.4 Å². The highest BCUT2D eigenvalue weighted by Gasteiger charge is 2.18. The summed E-state index contributed by atoms with van der Waals surface area (Å²) in [5, 5.41) is 0. The fourth-order valence-corrected chi connectivity index (χ4v) is 2.92. The largest absolute Gasteiger partial charge is 0.204 e. The highest BCUT2D eigenvalue weighted by molar-refractivity contribution is 5.42. The zero-order chi connectivity index (χ0) is 18.8. The normalized spacial score (nSPS) is 20.9. The molecule has 0 aromatic heterocycles. The molecule has 1 aromatic rings. The van der Waals surface area contributed by atoms with Gasteiger partial charge in [-0.3, -0.25) is 0 Å². The lowest BCUT2D eigenvalue weighted by atomic mass is 9.79. The molecule has 0 atom stereocenters. The molecule has 1 aliphatic carbocycles. The molecule has 0 radical (unpaired) electrons. The number of rotatable bonds is 2. The van der Waals surface area contributed by atoms with Crippen LogP contribution in [-0.2, 0) is 0 Å². The summed E-state index contributed by atoms with van der Waals surface area (Å²) in [6.45, 7) is 10.4. The predicted octanol–water partition coefficient (Wildman–Crippen LogP) is 7.06. The number of hydrogen-bond acceptors (Lipinski definition) is 0. The zero-order valence-electron chi connectivity index (χ0n) is 16.1. The monoisotopic (exact) mass is 344 g/mol. The molecule has 1 saturated carbocycles. The van der Waals surface area contributed by atoms with E-state index in [9.17, 15) is 8.78 Å². The molecule has 0 heterocycles. The highest BCUT2D eigenvalue weighted by Crippen LogP contribution is 2.32. The van der Waals surface area contributed by atoms with Crippen molar-refractivity contribution in [1.29, 1.82) is 0 Å². The van der Waals surface area contributed by atoms with E-state index in [1.807, 2.05) is 26.8 Å². The minimum atomic E-state index is -0.879. The molecule has 1 aromatic carbocycles. The van der Waals surface area contributed by atoms with Crippen molar-refractivity contribution in [2.45, 2.75) is 60.3 Å². The number of halogens is 2. The van der Waals surface area contributed by atoms with Crippen LogP contribution in [0.2, 0.25) is 0 Å². The van der Waals surface area contributed by atoms with E-state index in [-0.39, 0.29) is 5.56 Å². The molecule has 2 heteroatoms. The van der Waals surface area contributed by atoms with Gasteiger partial charge in [0.05, 0.1) is 5.56 Å². The van der Waals surface area contributed by atoms with Crippen molar-refractivity contribution in [3.63, 3.8) is 0 Å². The molecule has 0 aliphatic heterocycles. The number of allylic oxidation sites excluding steroid dienone is 4. The molecule has 0 amide bonds. The first-order valence-electron chi connectivity index (χ1n) is 9.28. The summed E-state index contributed by atoms with van der Waals surface area (Å²) in [5.74, 6) is 5.37. The van der Waals surface area contributed by atoms with Crippen molar-refractivity contribution in [2.24, 2.45) is 11.8 Å². The van der Waals surface area contributed by atoms with Gasteiger partial charge >= 0.3 is 0 Å². The summed E-state index contributed by atoms with van der Waals surface area (Å²) in [4.78, 5) is 0. The van der Waals surface area contributed by atoms with Crippen LogP contribution in [0.1, 0.15) is 65.9 Å². The van der Waals surface area contributed by atoms with E-state index in [2.05, 4.69) is 31.8 Å². The van der Waals surface area contributed by atoms with Crippen LogP contribution in [0.15, 0.2) is 41.5 Å². The van der Waals surface area contributed by atoms with Gasteiger partial charge < -0.3 is 0 Å². The van der Waals surface area contributed by atoms with Crippen molar-refractivity contribution in [2.75, 3.05) is 0 Å². The molecule has 0 unspecified atom stereocenters. The maximum Gasteiger partial charge on any atom is 0.174 e. The molecule has 0 spiro atoms. The van der Waals surface area contributed by atoms with Gasteiger partial charge in [-0.25, -0.2) is 8.78 Å². The van der Waals surface area contributed by atoms with E-state index in [4.69, 9.17) is 0 Å². The van der Waals surface area contributed by atoms with Crippen LogP contribution < -0.4 is 0 Å². The van der Waals surface area contributed by atoms with Gasteiger partial charge in [0, 0.05) is 0 Å². The predicted molar refractivity (Wildman–Crippen MR) is 103 cm³/mol. The number of hydrogen-bond donors (Lipinski definition) is 0. The maximum atomic E-state index is 13.5. The molecule has 0 saturated heterocycles. The Labute approximate surface area is 152 Å². The van der Waals surface area contributed by atoms with Gasteiger partial charge in [-0.15, -0.1) is 0 Å². The first kappa shape index (κ1) is 21.2. The summed E-state index contributed by atoms with van der Waals surface area (Å²) in [5.41, 5.74) is 2.33. The van der Waals surface area contributed by atoms with Gasteiger partial charge in [-0.2, -0.15) is 0 Å². The molecule has 136 valence electrons. The van der Waals surface area contributed by atoms with Crippen LogP contribution in [0, 0.1) is 35.3 Å². The second kappa shape index (κ2) is 10.9. The standard InChI is InChI=1S/C21H24F2.C2H6/c1-15(10-14-19-5-4-6-20(22)21(19)23)7-11-17(3)18-12-8-16(2)9-13-18;1-2/h4-7,11,16,18H,8-9,12-13H2,1-3H3;1-2H3/b15-7+,17-11+;. The third-order valence-corrected chi connectivity index (χ3v) is 4.60. The highest BCUT2D eigenvalue weighted by atomic mass is 19.2. The topological polar surface area (TPSA) is 0 Å². The van der Waals surface area contributed by atoms with Crippen LogP contribution in [0.25, 0.3) is 0 Å². The third-order valence-electron chi connectivity index (χ3n) is 4.60. The van der Waals surface area contributed by atoms with Crippen LogP contribution in [0.3, 0.4) is 0 Å². The first-order chi connectivity index (χ1) is 12.0. The van der Waals surface area contributed by atoms with Gasteiger partial charge in [0.2, 0.25) is 0 Å². The minimum Gasteiger partial charge on any atom is -0.204 e. The Bertz CT molecular complexity index is 663. The lowest BCUT2D eigenvalue weighted by Crippen LogP contribution is -2.13. The van der Waals surface area contributed by atoms with Gasteiger partial charge in [0.15, 0.2) is 11.6 Å². The smallest absolute Gasteiger partial charge is 0.174 e. The second-order valence-electron chi connectivity index (χ2n) is 6.57. The summed E-state index contributed by atoms with van der Waals surface area (Å²) in [6, 6.07) is 4.05. The molecule has 0 N–H and O–H groups in total. The Morgan fingerprint density at radius 1 is 1.04 bits per heavy atom. The molecule has 0 bridgehead atoms. The molecule has 0 nitrogen and oxygen atoms in total. The molecular formula is C23H30F2. The van der Waals surface area contributed by atoms with Crippen molar-refractivity contribution >= 4 is 0 Å². The first-order valence-corrected chi connectivity index (χ1v) is 9.28. The van der Waals surface area contributed by atoms with Crippen LogP contribution >= 0.6 is 0 Å². The lowest BCUT2D eigenvalue weighted by Gasteiger charge is -2.26. The third kappa shape index (κ3) is 6.86. The quantitative estimate of drug-likeness (QED) is 0.398. The molecule has 1 fully saturated rings. The summed E-state index contributed by atoms with van der Waals surface area (Å²) in [7, 11) is 0. The van der Waals surface area contributed by atoms with Crippen LogP contribution in [0.4, 0.5) is 8.78 Å². The average Bonchev–Trinajstić information content (AvgIpc) is 2.63. The maximum absolute atomic E-state index is 13.5. The average molecular weight is 344 g/mol. The summed E-state index contributed by atoms with van der Waals surface area (Å²) >= 11 is 0. The van der Waals surface area contributed by atoms with E-state index in [0.29, 0.717) is 5.92 Å². The van der Waals surface area contributed by atoms with E-state index >= 15 is 0 Å². The molecule has 1 aliphatic rings. The molecular weight excluding hydrogens is 314 g/mol. The van der Waals surface area contributed by atoms with Crippen molar-refractivity contribution in [1.82, 2.24) is 0 Å². The van der Waals surface area contributed by atoms with Gasteiger partial charge in [0.1, 0.15) is 0 Å². The SMILES string of the molecule is C/C(C#Cc1cccc(F)c1F)=C\C=C(/C)C1CCC(C)CC1.CC. The fraction of sp³-hybridized carbons (Fsp3) is 0.478. The van der Waals surface area contributed by atoms with E-state index in [0.717, 1.165) is 17.6 Å². The van der Waals surface area contributed by atoms with Crippen molar-refractivity contribution in [3.8, 4) is 11.8 Å². The van der Waals surface area contributed by atoms with Crippen molar-refractivity contribution < 1.29 is 8.78 Å². The Morgan fingerprint density at radius 2 is 1.68 bits per heavy atom. The van der Waals surface area contributed by atoms with Crippen molar-refractivity contribution in [3.05, 3.63) is 58.7 Å². The van der Waals surface area contributed by atoms with E-state index < -0.39 is 11.6 Å². The zero-order valence-corrected chi connectivity index (χ0v) is 16.1. The summed E-state index contributed by atoms with van der Waals surface area (Å²) < 4.78 is 26.7. The summed E-state index contributed by atoms with van der Waals surface area (Å²) in [6.07, 6.45) is 9.21. The van der Waals surface area contributed by atoms with Gasteiger partial charge in [-0.05, 0) is 56.2 Å². The second-order valence-corrected chi connectivity index (χ2v) is 6.57. The Morgan fingerprint density at radius 3 is 2.32 bits per heavy atom. The minimum absolute atomic E-state index is 0.0970. The van der Waals surface area contributed by atoms with E-state index in [1.54, 1.807) is 0 Å². The van der Waals surface area contributed by atoms with Crippen LogP contribution in [0.5, 0.6) is 0 Å².